The largest absolute Gasteiger partial charge is 0.486 e. The number of anilines is 1. The zero-order chi connectivity index (χ0) is 17.5. The number of hydrogen-bond acceptors (Lipinski definition) is 4. The molecule has 0 bridgehead atoms. The Morgan fingerprint density at radius 2 is 1.72 bits per heavy atom. The molecule has 130 valence electrons. The summed E-state index contributed by atoms with van der Waals surface area (Å²) in [5.41, 5.74) is 1.28. The fourth-order valence-electron chi connectivity index (χ4n) is 2.49. The molecule has 2 N–H and O–H groups in total. The van der Waals surface area contributed by atoms with E-state index < -0.39 is 0 Å². The molecule has 1 aliphatic rings. The first-order valence-electron chi connectivity index (χ1n) is 8.25. The van der Waals surface area contributed by atoms with E-state index in [1.807, 2.05) is 18.2 Å². The Morgan fingerprint density at radius 3 is 2.52 bits per heavy atom. The van der Waals surface area contributed by atoms with Crippen molar-refractivity contribution in [3.05, 3.63) is 54.1 Å². The summed E-state index contributed by atoms with van der Waals surface area (Å²) in [6, 6.07) is 14.3. The molecule has 0 saturated heterocycles. The molecule has 0 atom stereocenters. The van der Waals surface area contributed by atoms with Crippen LogP contribution in [0.25, 0.3) is 0 Å². The summed E-state index contributed by atoms with van der Waals surface area (Å²) in [6.45, 7) is 1.49. The Hall–Kier alpha value is -3.02. The van der Waals surface area contributed by atoms with Crippen molar-refractivity contribution in [3.8, 4) is 11.5 Å². The van der Waals surface area contributed by atoms with Gasteiger partial charge in [0.25, 0.3) is 5.91 Å². The van der Waals surface area contributed by atoms with Gasteiger partial charge in [-0.3, -0.25) is 9.59 Å². The molecule has 0 saturated carbocycles. The van der Waals surface area contributed by atoms with Gasteiger partial charge < -0.3 is 20.1 Å². The van der Waals surface area contributed by atoms with Gasteiger partial charge in [0, 0.05) is 30.3 Å². The third-order valence-corrected chi connectivity index (χ3v) is 3.73. The first-order chi connectivity index (χ1) is 12.2. The second kappa shape index (κ2) is 8.19. The van der Waals surface area contributed by atoms with Crippen LogP contribution in [-0.4, -0.2) is 31.6 Å². The summed E-state index contributed by atoms with van der Waals surface area (Å²) in [4.78, 5) is 23.9. The molecule has 25 heavy (non-hydrogen) atoms. The number of carbonyl (C=O) groups excluding carboxylic acids is 2. The molecule has 0 aromatic heterocycles. The van der Waals surface area contributed by atoms with Crippen LogP contribution in [0.1, 0.15) is 23.2 Å². The van der Waals surface area contributed by atoms with E-state index in [1.165, 1.54) is 0 Å². The summed E-state index contributed by atoms with van der Waals surface area (Å²) in [5.74, 6) is 1.09. The van der Waals surface area contributed by atoms with Gasteiger partial charge in [-0.2, -0.15) is 0 Å². The molecule has 2 aromatic carbocycles. The highest BCUT2D eigenvalue weighted by atomic mass is 16.6. The van der Waals surface area contributed by atoms with Crippen molar-refractivity contribution >= 4 is 17.5 Å². The lowest BCUT2D eigenvalue weighted by molar-refractivity contribution is -0.116. The molecule has 2 amide bonds. The zero-order valence-corrected chi connectivity index (χ0v) is 13.8. The van der Waals surface area contributed by atoms with Gasteiger partial charge >= 0.3 is 0 Å². The molecular weight excluding hydrogens is 320 g/mol. The molecule has 3 rings (SSSR count). The minimum absolute atomic E-state index is 0.106. The number of carbonyl (C=O) groups is 2. The summed E-state index contributed by atoms with van der Waals surface area (Å²) in [5, 5.41) is 5.63. The summed E-state index contributed by atoms with van der Waals surface area (Å²) in [7, 11) is 0. The van der Waals surface area contributed by atoms with Crippen molar-refractivity contribution in [3.63, 3.8) is 0 Å². The number of nitrogens with one attached hydrogen (secondary N) is 2. The molecule has 0 aliphatic carbocycles. The highest BCUT2D eigenvalue weighted by Gasteiger charge is 2.12. The summed E-state index contributed by atoms with van der Waals surface area (Å²) < 4.78 is 10.9. The Labute approximate surface area is 146 Å². The van der Waals surface area contributed by atoms with E-state index in [9.17, 15) is 9.59 Å². The van der Waals surface area contributed by atoms with Crippen molar-refractivity contribution in [2.75, 3.05) is 25.1 Å². The third kappa shape index (κ3) is 4.73. The van der Waals surface area contributed by atoms with Crippen LogP contribution in [-0.2, 0) is 4.79 Å². The van der Waals surface area contributed by atoms with Crippen LogP contribution in [0.4, 0.5) is 5.69 Å². The highest BCUT2D eigenvalue weighted by molar-refractivity contribution is 5.94. The van der Waals surface area contributed by atoms with Crippen LogP contribution in [0.2, 0.25) is 0 Å². The van der Waals surface area contributed by atoms with E-state index in [0.717, 1.165) is 0 Å². The molecule has 6 nitrogen and oxygen atoms in total. The summed E-state index contributed by atoms with van der Waals surface area (Å²) in [6.07, 6.45) is 0.887. The predicted molar refractivity (Wildman–Crippen MR) is 94.1 cm³/mol. The lowest BCUT2D eigenvalue weighted by Gasteiger charge is -2.19. The number of fused-ring (bicyclic) bond motifs is 1. The van der Waals surface area contributed by atoms with Gasteiger partial charge in [0.15, 0.2) is 11.5 Å². The van der Waals surface area contributed by atoms with Crippen molar-refractivity contribution < 1.29 is 19.1 Å². The van der Waals surface area contributed by atoms with Crippen molar-refractivity contribution in [2.24, 2.45) is 0 Å². The minimum atomic E-state index is -0.132. The lowest BCUT2D eigenvalue weighted by Crippen LogP contribution is -2.25. The Balaban J connectivity index is 1.40. The van der Waals surface area contributed by atoms with Crippen LogP contribution < -0.4 is 20.1 Å². The van der Waals surface area contributed by atoms with Crippen LogP contribution in [0.5, 0.6) is 11.5 Å². The smallest absolute Gasteiger partial charge is 0.251 e. The molecule has 1 heterocycles. The average Bonchev–Trinajstić information content (AvgIpc) is 2.65. The van der Waals surface area contributed by atoms with Gasteiger partial charge in [-0.1, -0.05) is 18.2 Å². The van der Waals surface area contributed by atoms with Gasteiger partial charge in [-0.15, -0.1) is 0 Å². The number of hydrogen-bond donors (Lipinski definition) is 2. The molecule has 6 heteroatoms. The molecule has 0 radical (unpaired) electrons. The van der Waals surface area contributed by atoms with Crippen LogP contribution in [0, 0.1) is 0 Å². The predicted octanol–water partition coefficient (Wildman–Crippen LogP) is 2.61. The normalized spacial score (nSPS) is 12.3. The Morgan fingerprint density at radius 1 is 0.960 bits per heavy atom. The molecule has 2 aromatic rings. The van der Waals surface area contributed by atoms with Crippen molar-refractivity contribution in [1.82, 2.24) is 5.32 Å². The number of ether oxygens (including phenoxy) is 2. The van der Waals surface area contributed by atoms with Gasteiger partial charge in [0.05, 0.1) is 0 Å². The standard InChI is InChI=1S/C19H20N2O4/c22-18(7-4-10-20-19(23)14-5-2-1-3-6-14)21-15-8-9-16-17(13-15)25-12-11-24-16/h1-3,5-6,8-9,13H,4,7,10-12H2,(H,20,23)(H,21,22). The van der Waals surface area contributed by atoms with Crippen LogP contribution >= 0.6 is 0 Å². The minimum Gasteiger partial charge on any atom is -0.486 e. The number of amides is 2. The van der Waals surface area contributed by atoms with Crippen LogP contribution in [0.15, 0.2) is 48.5 Å². The third-order valence-electron chi connectivity index (χ3n) is 3.73. The van der Waals surface area contributed by atoms with Gasteiger partial charge in [0.2, 0.25) is 5.91 Å². The quantitative estimate of drug-likeness (QED) is 0.793. The van der Waals surface area contributed by atoms with E-state index in [1.54, 1.807) is 30.3 Å². The first kappa shape index (κ1) is 16.8. The van der Waals surface area contributed by atoms with Gasteiger partial charge in [0.1, 0.15) is 13.2 Å². The van der Waals surface area contributed by atoms with Gasteiger partial charge in [-0.25, -0.2) is 0 Å². The van der Waals surface area contributed by atoms with E-state index >= 15 is 0 Å². The number of benzene rings is 2. The SMILES string of the molecule is O=C(CCCNC(=O)c1ccccc1)Nc1ccc2c(c1)OCCO2. The summed E-state index contributed by atoms with van der Waals surface area (Å²) >= 11 is 0. The molecule has 0 fully saturated rings. The zero-order valence-electron chi connectivity index (χ0n) is 13.8. The molecule has 0 unspecified atom stereocenters. The van der Waals surface area contributed by atoms with Crippen molar-refractivity contribution in [2.45, 2.75) is 12.8 Å². The van der Waals surface area contributed by atoms with Gasteiger partial charge in [-0.05, 0) is 30.7 Å². The van der Waals surface area contributed by atoms with E-state index in [-0.39, 0.29) is 11.8 Å². The molecule has 0 spiro atoms. The average molecular weight is 340 g/mol. The fourth-order valence-corrected chi connectivity index (χ4v) is 2.49. The maximum Gasteiger partial charge on any atom is 0.251 e. The van der Waals surface area contributed by atoms with Crippen molar-refractivity contribution in [1.29, 1.82) is 0 Å². The first-order valence-corrected chi connectivity index (χ1v) is 8.25. The number of rotatable bonds is 6. The van der Waals surface area contributed by atoms with E-state index in [0.29, 0.717) is 55.4 Å². The van der Waals surface area contributed by atoms with Crippen LogP contribution in [0.3, 0.4) is 0 Å². The second-order valence-corrected chi connectivity index (χ2v) is 5.63. The lowest BCUT2D eigenvalue weighted by atomic mass is 10.2. The molecule has 1 aliphatic heterocycles. The Kier molecular flexibility index (Phi) is 5.51. The highest BCUT2D eigenvalue weighted by Crippen LogP contribution is 2.32. The second-order valence-electron chi connectivity index (χ2n) is 5.63. The maximum absolute atomic E-state index is 12.0. The van der Waals surface area contributed by atoms with E-state index in [4.69, 9.17) is 9.47 Å². The van der Waals surface area contributed by atoms with E-state index in [2.05, 4.69) is 10.6 Å². The monoisotopic (exact) mass is 340 g/mol. The molecular formula is C19H20N2O4. The Bertz CT molecular complexity index is 746. The maximum atomic E-state index is 12.0. The fraction of sp³-hybridized carbons (Fsp3) is 0.263. The topological polar surface area (TPSA) is 76.7 Å².